The largest absolute Gasteiger partial charge is 0.492 e. The summed E-state index contributed by atoms with van der Waals surface area (Å²) in [6, 6.07) is 7.74. The Morgan fingerprint density at radius 1 is 1.45 bits per heavy atom. The summed E-state index contributed by atoms with van der Waals surface area (Å²) in [6.07, 6.45) is 0. The number of hydrogen-bond donors (Lipinski definition) is 3. The highest BCUT2D eigenvalue weighted by molar-refractivity contribution is 5.97. The van der Waals surface area contributed by atoms with Gasteiger partial charge in [0.1, 0.15) is 12.4 Å². The first kappa shape index (κ1) is 13.9. The summed E-state index contributed by atoms with van der Waals surface area (Å²) >= 11 is 0. The quantitative estimate of drug-likeness (QED) is 0.719. The third kappa shape index (κ3) is 3.28. The maximum absolute atomic E-state index is 11.8. The maximum Gasteiger partial charge on any atom is 0.274 e. The lowest BCUT2D eigenvalue weighted by Crippen LogP contribution is -2.29. The molecule has 0 radical (unpaired) electrons. The minimum absolute atomic E-state index is 0.220. The minimum atomic E-state index is -0.306. The number of benzene rings is 1. The lowest BCUT2D eigenvalue weighted by molar-refractivity contribution is 0.0943. The standard InChI is InChI=1S/C14H18N4O2/c1-9-4-3-5-11(8-9)20-7-6-16-14(19)13-12(15)10(2)17-18-13/h3-5,8H,6-7,15H2,1-2H3,(H,16,19)(H,17,18). The molecule has 1 aromatic heterocycles. The molecule has 4 N–H and O–H groups in total. The van der Waals surface area contributed by atoms with Gasteiger partial charge in [-0.1, -0.05) is 12.1 Å². The Morgan fingerprint density at radius 3 is 2.90 bits per heavy atom. The number of nitrogens with zero attached hydrogens (tertiary/aromatic N) is 1. The van der Waals surface area contributed by atoms with E-state index >= 15 is 0 Å². The lowest BCUT2D eigenvalue weighted by Gasteiger charge is -2.07. The van der Waals surface area contributed by atoms with Gasteiger partial charge in [-0.05, 0) is 31.5 Å². The van der Waals surface area contributed by atoms with E-state index in [1.54, 1.807) is 6.92 Å². The van der Waals surface area contributed by atoms with E-state index in [9.17, 15) is 4.79 Å². The number of nitrogens with two attached hydrogens (primary N) is 1. The van der Waals surface area contributed by atoms with Crippen molar-refractivity contribution in [1.29, 1.82) is 0 Å². The zero-order valence-electron chi connectivity index (χ0n) is 11.6. The van der Waals surface area contributed by atoms with Crippen molar-refractivity contribution in [3.8, 4) is 5.75 Å². The van der Waals surface area contributed by atoms with Crippen LogP contribution in [0.5, 0.6) is 5.75 Å². The van der Waals surface area contributed by atoms with Crippen LogP contribution >= 0.6 is 0 Å². The van der Waals surface area contributed by atoms with Gasteiger partial charge < -0.3 is 15.8 Å². The fraction of sp³-hybridized carbons (Fsp3) is 0.286. The number of amides is 1. The monoisotopic (exact) mass is 274 g/mol. The number of aromatic nitrogens is 2. The molecule has 0 bridgehead atoms. The molecular weight excluding hydrogens is 256 g/mol. The normalized spacial score (nSPS) is 10.3. The maximum atomic E-state index is 11.8. The van der Waals surface area contributed by atoms with E-state index < -0.39 is 0 Å². The van der Waals surface area contributed by atoms with Crippen molar-refractivity contribution in [3.63, 3.8) is 0 Å². The van der Waals surface area contributed by atoms with Crippen molar-refractivity contribution in [2.45, 2.75) is 13.8 Å². The average molecular weight is 274 g/mol. The summed E-state index contributed by atoms with van der Waals surface area (Å²) in [5.41, 5.74) is 8.14. The molecule has 6 nitrogen and oxygen atoms in total. The lowest BCUT2D eigenvalue weighted by atomic mass is 10.2. The van der Waals surface area contributed by atoms with E-state index in [2.05, 4.69) is 15.5 Å². The van der Waals surface area contributed by atoms with Gasteiger partial charge in [0.2, 0.25) is 0 Å². The average Bonchev–Trinajstić information content (AvgIpc) is 2.75. The van der Waals surface area contributed by atoms with E-state index in [0.717, 1.165) is 11.3 Å². The van der Waals surface area contributed by atoms with Crippen LogP contribution in [-0.2, 0) is 0 Å². The molecule has 2 rings (SSSR count). The molecule has 6 heteroatoms. The second-order valence-corrected chi connectivity index (χ2v) is 4.53. The van der Waals surface area contributed by atoms with Crippen molar-refractivity contribution in [2.75, 3.05) is 18.9 Å². The molecule has 0 aliphatic heterocycles. The predicted molar refractivity (Wildman–Crippen MR) is 76.7 cm³/mol. The third-order valence-electron chi connectivity index (χ3n) is 2.86. The molecule has 0 atom stereocenters. The number of ether oxygens (including phenoxy) is 1. The molecule has 0 unspecified atom stereocenters. The highest BCUT2D eigenvalue weighted by Crippen LogP contribution is 2.13. The van der Waals surface area contributed by atoms with E-state index in [4.69, 9.17) is 10.5 Å². The van der Waals surface area contributed by atoms with Crippen molar-refractivity contribution in [2.24, 2.45) is 0 Å². The third-order valence-corrected chi connectivity index (χ3v) is 2.86. The van der Waals surface area contributed by atoms with Gasteiger partial charge in [-0.2, -0.15) is 5.10 Å². The minimum Gasteiger partial charge on any atom is -0.492 e. The van der Waals surface area contributed by atoms with E-state index in [-0.39, 0.29) is 11.6 Å². The molecule has 0 spiro atoms. The molecule has 20 heavy (non-hydrogen) atoms. The van der Waals surface area contributed by atoms with Gasteiger partial charge in [0.25, 0.3) is 5.91 Å². The summed E-state index contributed by atoms with van der Waals surface area (Å²) in [5, 5.41) is 9.25. The molecule has 106 valence electrons. The first-order valence-corrected chi connectivity index (χ1v) is 6.36. The molecule has 1 amide bonds. The smallest absolute Gasteiger partial charge is 0.274 e. The zero-order valence-corrected chi connectivity index (χ0v) is 11.6. The topological polar surface area (TPSA) is 93.0 Å². The van der Waals surface area contributed by atoms with Gasteiger partial charge in [0.15, 0.2) is 5.69 Å². The van der Waals surface area contributed by atoms with Gasteiger partial charge in [-0.3, -0.25) is 9.89 Å². The Balaban J connectivity index is 1.79. The number of carbonyl (C=O) groups excluding carboxylic acids is 1. The highest BCUT2D eigenvalue weighted by Gasteiger charge is 2.14. The predicted octanol–water partition coefficient (Wildman–Crippen LogP) is 1.42. The van der Waals surface area contributed by atoms with Crippen molar-refractivity contribution in [3.05, 3.63) is 41.2 Å². The van der Waals surface area contributed by atoms with Crippen LogP contribution in [0.3, 0.4) is 0 Å². The molecule has 2 aromatic rings. The van der Waals surface area contributed by atoms with Crippen LogP contribution in [0.2, 0.25) is 0 Å². The number of anilines is 1. The Kier molecular flexibility index (Phi) is 4.24. The van der Waals surface area contributed by atoms with Crippen molar-refractivity contribution < 1.29 is 9.53 Å². The van der Waals surface area contributed by atoms with Crippen LogP contribution in [0, 0.1) is 13.8 Å². The highest BCUT2D eigenvalue weighted by atomic mass is 16.5. The van der Waals surface area contributed by atoms with Gasteiger partial charge in [0.05, 0.1) is 17.9 Å². The Bertz CT molecular complexity index is 607. The van der Waals surface area contributed by atoms with Gasteiger partial charge in [0, 0.05) is 0 Å². The molecule has 0 aliphatic carbocycles. The summed E-state index contributed by atoms with van der Waals surface area (Å²) in [7, 11) is 0. The van der Waals surface area contributed by atoms with E-state index in [0.29, 0.717) is 24.5 Å². The van der Waals surface area contributed by atoms with Crippen LogP contribution < -0.4 is 15.8 Å². The van der Waals surface area contributed by atoms with E-state index in [1.807, 2.05) is 31.2 Å². The number of aromatic amines is 1. The number of aryl methyl sites for hydroxylation is 2. The fourth-order valence-corrected chi connectivity index (χ4v) is 1.73. The van der Waals surface area contributed by atoms with Crippen LogP contribution in [-0.4, -0.2) is 29.3 Å². The molecule has 1 aromatic carbocycles. The summed E-state index contributed by atoms with van der Waals surface area (Å²) in [5.74, 6) is 0.481. The number of rotatable bonds is 5. The molecule has 0 saturated carbocycles. The summed E-state index contributed by atoms with van der Waals surface area (Å²) in [4.78, 5) is 11.8. The van der Waals surface area contributed by atoms with E-state index in [1.165, 1.54) is 0 Å². The number of nitrogen functional groups attached to an aromatic ring is 1. The van der Waals surface area contributed by atoms with Crippen LogP contribution in [0.4, 0.5) is 5.69 Å². The number of carbonyl (C=O) groups is 1. The van der Waals surface area contributed by atoms with Crippen LogP contribution in [0.1, 0.15) is 21.7 Å². The van der Waals surface area contributed by atoms with Crippen LogP contribution in [0.25, 0.3) is 0 Å². The number of nitrogens with one attached hydrogen (secondary N) is 2. The number of H-pyrrole nitrogens is 1. The van der Waals surface area contributed by atoms with Crippen molar-refractivity contribution in [1.82, 2.24) is 15.5 Å². The second-order valence-electron chi connectivity index (χ2n) is 4.53. The Labute approximate surface area is 117 Å². The van der Waals surface area contributed by atoms with Gasteiger partial charge in [-0.25, -0.2) is 0 Å². The first-order chi connectivity index (χ1) is 9.58. The fourth-order valence-electron chi connectivity index (χ4n) is 1.73. The zero-order chi connectivity index (χ0) is 14.5. The molecular formula is C14H18N4O2. The molecule has 0 aliphatic rings. The molecule has 1 heterocycles. The SMILES string of the molecule is Cc1cccc(OCCNC(=O)c2n[nH]c(C)c2N)c1. The van der Waals surface area contributed by atoms with Gasteiger partial charge in [-0.15, -0.1) is 0 Å². The molecule has 0 fully saturated rings. The Hall–Kier alpha value is -2.50. The first-order valence-electron chi connectivity index (χ1n) is 6.36. The van der Waals surface area contributed by atoms with Crippen molar-refractivity contribution >= 4 is 11.6 Å². The second kappa shape index (κ2) is 6.10. The summed E-state index contributed by atoms with van der Waals surface area (Å²) < 4.78 is 5.53. The van der Waals surface area contributed by atoms with Gasteiger partial charge >= 0.3 is 0 Å². The molecule has 0 saturated heterocycles. The number of hydrogen-bond acceptors (Lipinski definition) is 4. The Morgan fingerprint density at radius 2 is 2.25 bits per heavy atom. The summed E-state index contributed by atoms with van der Waals surface area (Å²) in [6.45, 7) is 4.54. The van der Waals surface area contributed by atoms with Crippen LogP contribution in [0.15, 0.2) is 24.3 Å².